The summed E-state index contributed by atoms with van der Waals surface area (Å²) in [5.74, 6) is 0.420. The van der Waals surface area contributed by atoms with Crippen molar-refractivity contribution < 1.29 is 9.59 Å². The van der Waals surface area contributed by atoms with Gasteiger partial charge >= 0.3 is 0 Å². The molecule has 0 amide bonds. The molecule has 0 aliphatic carbocycles. The Bertz CT molecular complexity index is 253. The molecule has 0 N–H and O–H groups in total. The maximum atomic E-state index is 11.6. The fraction of sp³-hybridized carbons (Fsp3) is 0.846. The molecule has 0 saturated heterocycles. The lowest BCUT2D eigenvalue weighted by Gasteiger charge is -2.34. The van der Waals surface area contributed by atoms with Gasteiger partial charge in [-0.3, -0.25) is 4.79 Å². The van der Waals surface area contributed by atoms with Crippen LogP contribution in [0, 0.1) is 10.8 Å². The van der Waals surface area contributed by atoms with Crippen LogP contribution in [0.25, 0.3) is 0 Å². The number of carbonyl (C=O) groups is 2. The van der Waals surface area contributed by atoms with Crippen LogP contribution in [0.1, 0.15) is 60.8 Å². The summed E-state index contributed by atoms with van der Waals surface area (Å²) in [5.41, 5.74) is -0.360. The largest absolute Gasteiger partial charge is 0.300 e. The molecule has 0 rings (SSSR count). The SMILES string of the molecule is CCC(C)(CC(C)(C)CC(C)=O)C(C)=O. The van der Waals surface area contributed by atoms with Crippen LogP contribution in [0.3, 0.4) is 0 Å². The van der Waals surface area contributed by atoms with E-state index in [1.165, 1.54) is 0 Å². The van der Waals surface area contributed by atoms with Gasteiger partial charge in [0.05, 0.1) is 0 Å². The van der Waals surface area contributed by atoms with Crippen LogP contribution >= 0.6 is 0 Å². The zero-order valence-corrected chi connectivity index (χ0v) is 10.9. The summed E-state index contributed by atoms with van der Waals surface area (Å²) in [6.45, 7) is 11.4. The van der Waals surface area contributed by atoms with Crippen molar-refractivity contribution in [1.29, 1.82) is 0 Å². The minimum atomic E-state index is -0.279. The molecule has 0 aromatic heterocycles. The van der Waals surface area contributed by atoms with Gasteiger partial charge in [0.25, 0.3) is 0 Å². The van der Waals surface area contributed by atoms with Gasteiger partial charge in [-0.05, 0) is 32.1 Å². The van der Waals surface area contributed by atoms with E-state index in [9.17, 15) is 9.59 Å². The Hall–Kier alpha value is -0.660. The minimum Gasteiger partial charge on any atom is -0.300 e. The second-order valence-electron chi connectivity index (χ2n) is 5.69. The van der Waals surface area contributed by atoms with Crippen LogP contribution in [0.15, 0.2) is 0 Å². The molecule has 88 valence electrons. The highest BCUT2D eigenvalue weighted by molar-refractivity contribution is 5.82. The zero-order chi connectivity index (χ0) is 12.3. The number of hydrogen-bond acceptors (Lipinski definition) is 2. The number of Topliss-reactive ketones (excluding diaryl/α,β-unsaturated/α-hetero) is 2. The van der Waals surface area contributed by atoms with E-state index in [4.69, 9.17) is 0 Å². The van der Waals surface area contributed by atoms with Crippen molar-refractivity contribution in [3.63, 3.8) is 0 Å². The number of rotatable bonds is 6. The van der Waals surface area contributed by atoms with Gasteiger partial charge in [-0.2, -0.15) is 0 Å². The molecule has 1 unspecified atom stereocenters. The van der Waals surface area contributed by atoms with Crippen LogP contribution in [-0.2, 0) is 9.59 Å². The van der Waals surface area contributed by atoms with E-state index in [0.717, 1.165) is 12.8 Å². The molecule has 0 heterocycles. The third-order valence-electron chi connectivity index (χ3n) is 3.23. The van der Waals surface area contributed by atoms with Crippen molar-refractivity contribution in [2.24, 2.45) is 10.8 Å². The van der Waals surface area contributed by atoms with E-state index in [-0.39, 0.29) is 22.4 Å². The van der Waals surface area contributed by atoms with E-state index < -0.39 is 0 Å². The Kier molecular flexibility index (Phi) is 4.69. The first-order valence-electron chi connectivity index (χ1n) is 5.63. The average molecular weight is 212 g/mol. The second kappa shape index (κ2) is 4.91. The number of ketones is 2. The molecule has 1 atom stereocenters. The molecular formula is C13H24O2. The lowest BCUT2D eigenvalue weighted by atomic mass is 9.69. The van der Waals surface area contributed by atoms with Crippen LogP contribution in [0.5, 0.6) is 0 Å². The molecule has 2 heteroatoms. The first kappa shape index (κ1) is 14.3. The molecule has 0 spiro atoms. The van der Waals surface area contributed by atoms with E-state index in [0.29, 0.717) is 6.42 Å². The summed E-state index contributed by atoms with van der Waals surface area (Å²) in [5, 5.41) is 0. The molecule has 15 heavy (non-hydrogen) atoms. The average Bonchev–Trinajstić information content (AvgIpc) is 2.00. The molecule has 0 bridgehead atoms. The monoisotopic (exact) mass is 212 g/mol. The van der Waals surface area contributed by atoms with Gasteiger partial charge in [0.1, 0.15) is 11.6 Å². The second-order valence-corrected chi connectivity index (χ2v) is 5.69. The van der Waals surface area contributed by atoms with Gasteiger partial charge in [-0.25, -0.2) is 0 Å². The highest BCUT2D eigenvalue weighted by Gasteiger charge is 2.35. The van der Waals surface area contributed by atoms with E-state index >= 15 is 0 Å². The Morgan fingerprint density at radius 1 is 1.07 bits per heavy atom. The molecule has 0 aliphatic heterocycles. The standard InChI is InChI=1S/C13H24O2/c1-7-13(6,11(3)15)9-12(4,5)8-10(2)14/h7-9H2,1-6H3. The maximum Gasteiger partial charge on any atom is 0.135 e. The lowest BCUT2D eigenvalue weighted by Crippen LogP contribution is -2.32. The first-order valence-corrected chi connectivity index (χ1v) is 5.63. The van der Waals surface area contributed by atoms with Crippen molar-refractivity contribution >= 4 is 11.6 Å². The number of hydrogen-bond donors (Lipinski definition) is 0. The quantitative estimate of drug-likeness (QED) is 0.676. The van der Waals surface area contributed by atoms with Gasteiger partial charge < -0.3 is 4.79 Å². The van der Waals surface area contributed by atoms with E-state index in [1.54, 1.807) is 13.8 Å². The molecule has 0 aliphatic rings. The maximum absolute atomic E-state index is 11.6. The van der Waals surface area contributed by atoms with Crippen molar-refractivity contribution in [2.75, 3.05) is 0 Å². The third-order valence-corrected chi connectivity index (χ3v) is 3.23. The molecular weight excluding hydrogens is 188 g/mol. The summed E-state index contributed by atoms with van der Waals surface area (Å²) in [6.07, 6.45) is 2.17. The van der Waals surface area contributed by atoms with Crippen molar-refractivity contribution in [2.45, 2.75) is 60.8 Å². The summed E-state index contributed by atoms with van der Waals surface area (Å²) in [7, 11) is 0. The summed E-state index contributed by atoms with van der Waals surface area (Å²) >= 11 is 0. The Balaban J connectivity index is 4.67. The van der Waals surface area contributed by atoms with Crippen LogP contribution < -0.4 is 0 Å². The fourth-order valence-corrected chi connectivity index (χ4v) is 2.29. The van der Waals surface area contributed by atoms with Gasteiger partial charge in [0.2, 0.25) is 0 Å². The lowest BCUT2D eigenvalue weighted by molar-refractivity contribution is -0.129. The molecule has 0 radical (unpaired) electrons. The van der Waals surface area contributed by atoms with Crippen LogP contribution in [-0.4, -0.2) is 11.6 Å². The summed E-state index contributed by atoms with van der Waals surface area (Å²) in [4.78, 5) is 22.7. The molecule has 0 saturated carbocycles. The first-order chi connectivity index (χ1) is 6.63. The molecule has 2 nitrogen and oxygen atoms in total. The number of carbonyl (C=O) groups excluding carboxylic acids is 2. The molecule has 0 fully saturated rings. The molecule has 0 aromatic carbocycles. The normalized spacial score (nSPS) is 15.9. The van der Waals surface area contributed by atoms with Crippen LogP contribution in [0.2, 0.25) is 0 Å². The molecule has 0 aromatic rings. The highest BCUT2D eigenvalue weighted by atomic mass is 16.1. The van der Waals surface area contributed by atoms with Gasteiger partial charge in [0, 0.05) is 11.8 Å². The van der Waals surface area contributed by atoms with Crippen LogP contribution in [0.4, 0.5) is 0 Å². The van der Waals surface area contributed by atoms with E-state index in [2.05, 4.69) is 13.8 Å². The third kappa shape index (κ3) is 4.59. The van der Waals surface area contributed by atoms with Gasteiger partial charge in [0.15, 0.2) is 0 Å². The van der Waals surface area contributed by atoms with Crippen molar-refractivity contribution in [3.05, 3.63) is 0 Å². The van der Waals surface area contributed by atoms with Crippen molar-refractivity contribution in [3.8, 4) is 0 Å². The summed E-state index contributed by atoms with van der Waals surface area (Å²) in [6, 6.07) is 0. The Morgan fingerprint density at radius 2 is 1.53 bits per heavy atom. The van der Waals surface area contributed by atoms with Gasteiger partial charge in [-0.15, -0.1) is 0 Å². The van der Waals surface area contributed by atoms with Crippen molar-refractivity contribution in [1.82, 2.24) is 0 Å². The summed E-state index contributed by atoms with van der Waals surface area (Å²) < 4.78 is 0. The predicted octanol–water partition coefficient (Wildman–Crippen LogP) is 3.39. The predicted molar refractivity (Wildman–Crippen MR) is 62.8 cm³/mol. The Morgan fingerprint density at radius 3 is 1.80 bits per heavy atom. The van der Waals surface area contributed by atoms with E-state index in [1.807, 2.05) is 13.8 Å². The topological polar surface area (TPSA) is 34.1 Å². The Labute approximate surface area is 93.4 Å². The fourth-order valence-electron chi connectivity index (χ4n) is 2.29. The smallest absolute Gasteiger partial charge is 0.135 e. The van der Waals surface area contributed by atoms with Gasteiger partial charge in [-0.1, -0.05) is 27.7 Å². The minimum absolute atomic E-state index is 0.0811. The zero-order valence-electron chi connectivity index (χ0n) is 10.9. The highest BCUT2D eigenvalue weighted by Crippen LogP contribution is 2.39.